The number of rotatable bonds is 8. The van der Waals surface area contributed by atoms with Gasteiger partial charge in [-0.25, -0.2) is 0 Å². The Kier molecular flexibility index (Phi) is 6.67. The first kappa shape index (κ1) is 15.8. The van der Waals surface area contributed by atoms with E-state index in [9.17, 15) is 0 Å². The molecule has 4 heteroatoms. The summed E-state index contributed by atoms with van der Waals surface area (Å²) in [5.41, 5.74) is 2.41. The third-order valence-corrected chi connectivity index (χ3v) is 3.42. The molecule has 1 aromatic rings. The van der Waals surface area contributed by atoms with Gasteiger partial charge in [0.15, 0.2) is 0 Å². The highest BCUT2D eigenvalue weighted by Crippen LogP contribution is 2.34. The van der Waals surface area contributed by atoms with Crippen LogP contribution in [0.5, 0.6) is 5.75 Å². The van der Waals surface area contributed by atoms with Crippen molar-refractivity contribution in [3.8, 4) is 5.75 Å². The Bertz CT molecular complexity index is 382. The van der Waals surface area contributed by atoms with E-state index in [0.29, 0.717) is 0 Å². The summed E-state index contributed by atoms with van der Waals surface area (Å²) in [6.07, 6.45) is 0. The van der Waals surface area contributed by atoms with Crippen LogP contribution in [0.4, 0.5) is 5.69 Å². The van der Waals surface area contributed by atoms with Gasteiger partial charge in [-0.15, -0.1) is 0 Å². The van der Waals surface area contributed by atoms with Gasteiger partial charge in [-0.05, 0) is 33.0 Å². The van der Waals surface area contributed by atoms with Gasteiger partial charge in [0, 0.05) is 37.5 Å². The van der Waals surface area contributed by atoms with E-state index in [4.69, 9.17) is 9.47 Å². The van der Waals surface area contributed by atoms with E-state index in [1.165, 1.54) is 11.3 Å². The van der Waals surface area contributed by atoms with Crippen LogP contribution >= 0.6 is 0 Å². The normalized spacial score (nSPS) is 12.3. The maximum Gasteiger partial charge on any atom is 0.125 e. The van der Waals surface area contributed by atoms with Crippen LogP contribution in [0.3, 0.4) is 0 Å². The Hall–Kier alpha value is -1.26. The summed E-state index contributed by atoms with van der Waals surface area (Å²) in [5.74, 6) is 0.926. The second-order valence-electron chi connectivity index (χ2n) is 4.48. The number of nitrogens with one attached hydrogen (secondary N) is 1. The number of likely N-dealkylation sites (N-methyl/N-ethyl adjacent to an activating group) is 1. The fourth-order valence-electron chi connectivity index (χ4n) is 2.22. The summed E-state index contributed by atoms with van der Waals surface area (Å²) in [6.45, 7) is 6.84. The Labute approximate surface area is 116 Å². The lowest BCUT2D eigenvalue weighted by molar-refractivity contribution is 0.205. The molecule has 0 aliphatic carbocycles. The molecule has 0 aromatic heterocycles. The zero-order valence-corrected chi connectivity index (χ0v) is 12.7. The van der Waals surface area contributed by atoms with Crippen LogP contribution in [0, 0.1) is 0 Å². The number of nitrogens with zero attached hydrogens (tertiary/aromatic N) is 1. The molecule has 0 fully saturated rings. The summed E-state index contributed by atoms with van der Waals surface area (Å²) in [6, 6.07) is 6.43. The van der Waals surface area contributed by atoms with Crippen molar-refractivity contribution < 1.29 is 9.47 Å². The van der Waals surface area contributed by atoms with Crippen molar-refractivity contribution >= 4 is 5.69 Å². The minimum atomic E-state index is 0.239. The van der Waals surface area contributed by atoms with E-state index in [0.717, 1.165) is 25.4 Å². The molecule has 0 saturated heterocycles. The van der Waals surface area contributed by atoms with Gasteiger partial charge < -0.3 is 19.7 Å². The van der Waals surface area contributed by atoms with Crippen LogP contribution in [0.25, 0.3) is 0 Å². The third-order valence-electron chi connectivity index (χ3n) is 3.42. The third kappa shape index (κ3) is 3.85. The summed E-state index contributed by atoms with van der Waals surface area (Å²) < 4.78 is 10.7. The maximum absolute atomic E-state index is 5.51. The van der Waals surface area contributed by atoms with Crippen LogP contribution < -0.4 is 15.0 Å². The Balaban J connectivity index is 3.16. The molecule has 0 radical (unpaired) electrons. The second-order valence-corrected chi connectivity index (χ2v) is 4.48. The van der Waals surface area contributed by atoms with Crippen molar-refractivity contribution in [2.75, 3.05) is 45.9 Å². The van der Waals surface area contributed by atoms with Crippen LogP contribution in [-0.2, 0) is 4.74 Å². The summed E-state index contributed by atoms with van der Waals surface area (Å²) in [7, 11) is 5.42. The lowest BCUT2D eigenvalue weighted by atomic mass is 10.0. The quantitative estimate of drug-likeness (QED) is 0.783. The van der Waals surface area contributed by atoms with Crippen molar-refractivity contribution in [2.24, 2.45) is 0 Å². The van der Waals surface area contributed by atoms with Gasteiger partial charge in [-0.2, -0.15) is 0 Å². The van der Waals surface area contributed by atoms with Gasteiger partial charge in [-0.3, -0.25) is 0 Å². The molecule has 4 nitrogen and oxygen atoms in total. The summed E-state index contributed by atoms with van der Waals surface area (Å²) in [4.78, 5) is 2.31. The Morgan fingerprint density at radius 3 is 2.58 bits per heavy atom. The predicted octanol–water partition coefficient (Wildman–Crippen LogP) is 2.45. The van der Waals surface area contributed by atoms with Crippen LogP contribution in [0.2, 0.25) is 0 Å². The van der Waals surface area contributed by atoms with Gasteiger partial charge in [-0.1, -0.05) is 6.07 Å². The minimum absolute atomic E-state index is 0.239. The number of anilines is 1. The average Bonchev–Trinajstić information content (AvgIpc) is 2.46. The number of methoxy groups -OCH3 is 2. The Morgan fingerprint density at radius 2 is 2.05 bits per heavy atom. The SMILES string of the molecule is CCN(CCOC)c1cccc(OC)c1C(C)NC. The molecule has 1 atom stereocenters. The molecular weight excluding hydrogens is 240 g/mol. The first-order chi connectivity index (χ1) is 9.19. The fourth-order valence-corrected chi connectivity index (χ4v) is 2.22. The Morgan fingerprint density at radius 1 is 1.32 bits per heavy atom. The second kappa shape index (κ2) is 8.02. The number of hydrogen-bond acceptors (Lipinski definition) is 4. The molecule has 0 heterocycles. The number of ether oxygens (including phenoxy) is 2. The molecular formula is C15H26N2O2. The van der Waals surface area contributed by atoms with E-state index in [1.807, 2.05) is 19.2 Å². The van der Waals surface area contributed by atoms with Crippen LogP contribution in [-0.4, -0.2) is 41.0 Å². The zero-order valence-electron chi connectivity index (χ0n) is 12.7. The standard InChI is InChI=1S/C15H26N2O2/c1-6-17(10-11-18-4)13-8-7-9-14(19-5)15(13)12(2)16-3/h7-9,12,16H,6,10-11H2,1-5H3. The smallest absolute Gasteiger partial charge is 0.125 e. The van der Waals surface area contributed by atoms with Crippen molar-refractivity contribution in [2.45, 2.75) is 19.9 Å². The zero-order chi connectivity index (χ0) is 14.3. The molecule has 0 bridgehead atoms. The molecule has 0 spiro atoms. The topological polar surface area (TPSA) is 33.7 Å². The monoisotopic (exact) mass is 266 g/mol. The van der Waals surface area contributed by atoms with E-state index >= 15 is 0 Å². The molecule has 1 N–H and O–H groups in total. The van der Waals surface area contributed by atoms with Crippen LogP contribution in [0.15, 0.2) is 18.2 Å². The van der Waals surface area contributed by atoms with Crippen molar-refractivity contribution in [3.63, 3.8) is 0 Å². The molecule has 0 amide bonds. The predicted molar refractivity (Wildman–Crippen MR) is 80.2 cm³/mol. The summed E-state index contributed by atoms with van der Waals surface area (Å²) in [5, 5.41) is 3.29. The first-order valence-corrected chi connectivity index (χ1v) is 6.77. The summed E-state index contributed by atoms with van der Waals surface area (Å²) >= 11 is 0. The molecule has 1 rings (SSSR count). The van der Waals surface area contributed by atoms with E-state index in [-0.39, 0.29) is 6.04 Å². The van der Waals surface area contributed by atoms with E-state index in [2.05, 4.69) is 30.1 Å². The van der Waals surface area contributed by atoms with Gasteiger partial charge in [0.05, 0.1) is 13.7 Å². The van der Waals surface area contributed by atoms with Crippen LogP contribution in [0.1, 0.15) is 25.5 Å². The van der Waals surface area contributed by atoms with E-state index in [1.54, 1.807) is 14.2 Å². The molecule has 108 valence electrons. The first-order valence-electron chi connectivity index (χ1n) is 6.77. The molecule has 0 saturated carbocycles. The van der Waals surface area contributed by atoms with Gasteiger partial charge >= 0.3 is 0 Å². The maximum atomic E-state index is 5.51. The molecule has 19 heavy (non-hydrogen) atoms. The number of benzene rings is 1. The number of hydrogen-bond donors (Lipinski definition) is 1. The minimum Gasteiger partial charge on any atom is -0.496 e. The molecule has 0 aliphatic heterocycles. The highest BCUT2D eigenvalue weighted by molar-refractivity contribution is 5.60. The van der Waals surface area contributed by atoms with Crippen molar-refractivity contribution in [1.82, 2.24) is 5.32 Å². The van der Waals surface area contributed by atoms with Gasteiger partial charge in [0.2, 0.25) is 0 Å². The van der Waals surface area contributed by atoms with Crippen molar-refractivity contribution in [1.29, 1.82) is 0 Å². The highest BCUT2D eigenvalue weighted by Gasteiger charge is 2.18. The molecule has 0 aliphatic rings. The average molecular weight is 266 g/mol. The molecule has 1 aromatic carbocycles. The van der Waals surface area contributed by atoms with E-state index < -0.39 is 0 Å². The molecule has 1 unspecified atom stereocenters. The lowest BCUT2D eigenvalue weighted by Gasteiger charge is -2.28. The van der Waals surface area contributed by atoms with Gasteiger partial charge in [0.1, 0.15) is 5.75 Å². The van der Waals surface area contributed by atoms with Gasteiger partial charge in [0.25, 0.3) is 0 Å². The lowest BCUT2D eigenvalue weighted by Crippen LogP contribution is -2.29. The largest absolute Gasteiger partial charge is 0.496 e. The van der Waals surface area contributed by atoms with Crippen molar-refractivity contribution in [3.05, 3.63) is 23.8 Å². The highest BCUT2D eigenvalue weighted by atomic mass is 16.5. The fraction of sp³-hybridized carbons (Fsp3) is 0.600.